The highest BCUT2D eigenvalue weighted by molar-refractivity contribution is 7.99. The normalized spacial score (nSPS) is 12.6. The molecule has 0 radical (unpaired) electrons. The number of benzene rings is 1. The van der Waals surface area contributed by atoms with E-state index in [0.717, 1.165) is 10.8 Å². The molecule has 4 heteroatoms. The van der Waals surface area contributed by atoms with Gasteiger partial charge in [0.05, 0.1) is 0 Å². The highest BCUT2D eigenvalue weighted by Crippen LogP contribution is 2.26. The molecule has 0 aliphatic heterocycles. The minimum Gasteiger partial charge on any atom is -0.323 e. The van der Waals surface area contributed by atoms with Crippen LogP contribution in [0.25, 0.3) is 0 Å². The number of thioether (sulfide) groups is 1. The topological polar surface area (TPSA) is 26.0 Å². The van der Waals surface area contributed by atoms with E-state index >= 15 is 0 Å². The second kappa shape index (κ2) is 5.91. The van der Waals surface area contributed by atoms with Crippen LogP contribution in [0.4, 0.5) is 0 Å². The van der Waals surface area contributed by atoms with Crippen LogP contribution in [0.15, 0.2) is 40.6 Å². The lowest BCUT2D eigenvalue weighted by Gasteiger charge is -2.09. The van der Waals surface area contributed by atoms with Crippen LogP contribution in [0.2, 0.25) is 5.02 Å². The molecule has 90 valence electrons. The van der Waals surface area contributed by atoms with E-state index in [0.29, 0.717) is 0 Å². The Balaban J connectivity index is 1.92. The fourth-order valence-corrected chi connectivity index (χ4v) is 3.26. The molecular formula is C13H14ClNS2. The Morgan fingerprint density at radius 1 is 1.35 bits per heavy atom. The number of rotatable bonds is 4. The van der Waals surface area contributed by atoms with Gasteiger partial charge in [0.15, 0.2) is 0 Å². The number of thiophene rings is 1. The molecule has 2 N–H and O–H groups in total. The summed E-state index contributed by atoms with van der Waals surface area (Å²) in [4.78, 5) is 2.52. The number of hydrogen-bond acceptors (Lipinski definition) is 3. The average Bonchev–Trinajstić information content (AvgIpc) is 2.75. The van der Waals surface area contributed by atoms with E-state index in [9.17, 15) is 0 Å². The van der Waals surface area contributed by atoms with Crippen molar-refractivity contribution >= 4 is 34.7 Å². The summed E-state index contributed by atoms with van der Waals surface area (Å²) < 4.78 is 0. The van der Waals surface area contributed by atoms with Crippen molar-refractivity contribution in [2.24, 2.45) is 5.73 Å². The third kappa shape index (κ3) is 3.75. The van der Waals surface area contributed by atoms with Crippen LogP contribution in [0.1, 0.15) is 16.5 Å². The summed E-state index contributed by atoms with van der Waals surface area (Å²) in [7, 11) is 0. The summed E-state index contributed by atoms with van der Waals surface area (Å²) >= 11 is 9.35. The van der Waals surface area contributed by atoms with Crippen molar-refractivity contribution in [3.05, 3.63) is 51.2 Å². The minimum atomic E-state index is 0.0978. The number of nitrogens with two attached hydrogens (primary N) is 1. The molecule has 0 aliphatic carbocycles. The van der Waals surface area contributed by atoms with Crippen molar-refractivity contribution < 1.29 is 0 Å². The van der Waals surface area contributed by atoms with Crippen molar-refractivity contribution in [1.29, 1.82) is 0 Å². The SMILES string of the molecule is Cc1cc(C(N)CSc2ccc(Cl)cc2)cs1. The predicted octanol–water partition coefficient (Wildman–Crippen LogP) is 4.50. The van der Waals surface area contributed by atoms with Crippen LogP contribution in [0.5, 0.6) is 0 Å². The van der Waals surface area contributed by atoms with Gasteiger partial charge in [0.1, 0.15) is 0 Å². The fraction of sp³-hybridized carbons (Fsp3) is 0.231. The zero-order valence-electron chi connectivity index (χ0n) is 9.52. The van der Waals surface area contributed by atoms with E-state index in [1.54, 1.807) is 23.1 Å². The molecule has 2 rings (SSSR count). The van der Waals surface area contributed by atoms with Gasteiger partial charge in [-0.25, -0.2) is 0 Å². The summed E-state index contributed by atoms with van der Waals surface area (Å²) in [6.45, 7) is 2.10. The molecule has 1 aromatic carbocycles. The lowest BCUT2D eigenvalue weighted by atomic mass is 10.2. The Morgan fingerprint density at radius 2 is 2.06 bits per heavy atom. The predicted molar refractivity (Wildman–Crippen MR) is 78.2 cm³/mol. The average molecular weight is 284 g/mol. The first-order valence-electron chi connectivity index (χ1n) is 5.34. The van der Waals surface area contributed by atoms with Gasteiger partial charge in [0.25, 0.3) is 0 Å². The van der Waals surface area contributed by atoms with Gasteiger partial charge in [0.2, 0.25) is 0 Å². The van der Waals surface area contributed by atoms with E-state index in [4.69, 9.17) is 17.3 Å². The summed E-state index contributed by atoms with van der Waals surface area (Å²) in [5.74, 6) is 0.887. The van der Waals surface area contributed by atoms with E-state index < -0.39 is 0 Å². The van der Waals surface area contributed by atoms with Crippen molar-refractivity contribution in [3.63, 3.8) is 0 Å². The smallest absolute Gasteiger partial charge is 0.0406 e. The van der Waals surface area contributed by atoms with E-state index in [1.807, 2.05) is 24.3 Å². The van der Waals surface area contributed by atoms with Crippen LogP contribution in [-0.2, 0) is 0 Å². The number of hydrogen-bond donors (Lipinski definition) is 1. The van der Waals surface area contributed by atoms with Crippen LogP contribution in [0.3, 0.4) is 0 Å². The Bertz CT molecular complexity index is 478. The van der Waals surface area contributed by atoms with E-state index in [1.165, 1.54) is 15.3 Å². The minimum absolute atomic E-state index is 0.0978. The molecule has 0 bridgehead atoms. The van der Waals surface area contributed by atoms with Crippen molar-refractivity contribution in [3.8, 4) is 0 Å². The number of halogens is 1. The van der Waals surface area contributed by atoms with Gasteiger partial charge < -0.3 is 5.73 Å². The van der Waals surface area contributed by atoms with Crippen LogP contribution in [-0.4, -0.2) is 5.75 Å². The van der Waals surface area contributed by atoms with Gasteiger partial charge in [0, 0.05) is 26.6 Å². The van der Waals surface area contributed by atoms with Crippen molar-refractivity contribution in [1.82, 2.24) is 0 Å². The molecule has 1 aromatic heterocycles. The molecule has 1 heterocycles. The molecular weight excluding hydrogens is 270 g/mol. The molecule has 1 atom stereocenters. The molecule has 2 aromatic rings. The molecule has 0 saturated heterocycles. The lowest BCUT2D eigenvalue weighted by Crippen LogP contribution is -2.11. The summed E-state index contributed by atoms with van der Waals surface area (Å²) in [5, 5.41) is 2.91. The second-order valence-electron chi connectivity index (χ2n) is 3.86. The monoisotopic (exact) mass is 283 g/mol. The first kappa shape index (κ1) is 13.0. The largest absolute Gasteiger partial charge is 0.323 e. The summed E-state index contributed by atoms with van der Waals surface area (Å²) in [5.41, 5.74) is 7.38. The van der Waals surface area contributed by atoms with Gasteiger partial charge in [-0.15, -0.1) is 23.1 Å². The highest BCUT2D eigenvalue weighted by Gasteiger charge is 2.08. The Kier molecular flexibility index (Phi) is 4.51. The van der Waals surface area contributed by atoms with E-state index in [2.05, 4.69) is 18.4 Å². The maximum atomic E-state index is 6.15. The Labute approximate surface area is 115 Å². The van der Waals surface area contributed by atoms with Gasteiger partial charge in [-0.05, 0) is 48.2 Å². The van der Waals surface area contributed by atoms with Crippen molar-refractivity contribution in [2.75, 3.05) is 5.75 Å². The zero-order valence-corrected chi connectivity index (χ0v) is 11.9. The maximum absolute atomic E-state index is 6.15. The molecule has 0 aliphatic rings. The van der Waals surface area contributed by atoms with Gasteiger partial charge in [-0.1, -0.05) is 11.6 Å². The highest BCUT2D eigenvalue weighted by atomic mass is 35.5. The third-order valence-electron chi connectivity index (χ3n) is 2.42. The zero-order chi connectivity index (χ0) is 12.3. The van der Waals surface area contributed by atoms with E-state index in [-0.39, 0.29) is 6.04 Å². The first-order chi connectivity index (χ1) is 8.15. The quantitative estimate of drug-likeness (QED) is 0.836. The van der Waals surface area contributed by atoms with Crippen molar-refractivity contribution in [2.45, 2.75) is 17.9 Å². The van der Waals surface area contributed by atoms with Crippen LogP contribution >= 0.6 is 34.7 Å². The molecule has 0 fully saturated rings. The molecule has 1 unspecified atom stereocenters. The molecule has 0 spiro atoms. The molecule has 0 amide bonds. The van der Waals surface area contributed by atoms with Crippen LogP contribution in [0, 0.1) is 6.92 Å². The second-order valence-corrected chi connectivity index (χ2v) is 6.51. The Hall–Kier alpha value is -0.480. The lowest BCUT2D eigenvalue weighted by molar-refractivity contribution is 0.835. The maximum Gasteiger partial charge on any atom is 0.0406 e. The molecule has 0 saturated carbocycles. The van der Waals surface area contributed by atoms with Crippen LogP contribution < -0.4 is 5.73 Å². The Morgan fingerprint density at radius 3 is 2.65 bits per heavy atom. The number of aryl methyl sites for hydroxylation is 1. The van der Waals surface area contributed by atoms with Gasteiger partial charge in [-0.3, -0.25) is 0 Å². The van der Waals surface area contributed by atoms with Gasteiger partial charge >= 0.3 is 0 Å². The summed E-state index contributed by atoms with van der Waals surface area (Å²) in [6.07, 6.45) is 0. The first-order valence-corrected chi connectivity index (χ1v) is 7.58. The third-order valence-corrected chi connectivity index (χ3v) is 4.69. The molecule has 1 nitrogen and oxygen atoms in total. The van der Waals surface area contributed by atoms with Gasteiger partial charge in [-0.2, -0.15) is 0 Å². The molecule has 17 heavy (non-hydrogen) atoms. The standard InChI is InChI=1S/C13H14ClNS2/c1-9-6-10(7-16-9)13(15)8-17-12-4-2-11(14)3-5-12/h2-7,13H,8,15H2,1H3. The fourth-order valence-electron chi connectivity index (χ4n) is 1.47. The summed E-state index contributed by atoms with van der Waals surface area (Å²) in [6, 6.07) is 10.1.